The highest BCUT2D eigenvalue weighted by molar-refractivity contribution is 5.85. The molecule has 4 unspecified atom stereocenters. The molecule has 0 bridgehead atoms. The van der Waals surface area contributed by atoms with Crippen molar-refractivity contribution in [2.24, 2.45) is 0 Å². The Balaban J connectivity index is 0.000000260. The van der Waals surface area contributed by atoms with Crippen LogP contribution in [0.4, 0.5) is 0 Å². The summed E-state index contributed by atoms with van der Waals surface area (Å²) in [6.45, 7) is 0. The molecule has 1 aromatic rings. The lowest BCUT2D eigenvalue weighted by Gasteiger charge is -2.38. The predicted molar refractivity (Wildman–Crippen MR) is 86.3 cm³/mol. The average molecular weight is 372 g/mol. The molecule has 10 heteroatoms. The third-order valence-corrected chi connectivity index (χ3v) is 3.82. The molecular weight excluding hydrogens is 352 g/mol. The van der Waals surface area contributed by atoms with Crippen LogP contribution < -0.4 is 0 Å². The zero-order valence-electron chi connectivity index (χ0n) is 13.4. The van der Waals surface area contributed by atoms with Crippen LogP contribution in [0.25, 0.3) is 6.08 Å². The van der Waals surface area contributed by atoms with E-state index in [0.717, 1.165) is 6.08 Å². The number of phenolic OH excluding ortho intramolecular Hbond substituents is 2. The van der Waals surface area contributed by atoms with E-state index in [2.05, 4.69) is 0 Å². The highest BCUT2D eigenvalue weighted by atomic mass is 16.4. The Morgan fingerprint density at radius 2 is 1.69 bits per heavy atom. The van der Waals surface area contributed by atoms with E-state index in [0.29, 0.717) is 5.56 Å². The first kappa shape index (κ1) is 21.4. The van der Waals surface area contributed by atoms with E-state index in [4.69, 9.17) is 30.6 Å². The van der Waals surface area contributed by atoms with E-state index >= 15 is 0 Å². The molecule has 0 amide bonds. The lowest BCUT2D eigenvalue weighted by molar-refractivity contribution is -0.205. The van der Waals surface area contributed by atoms with Crippen molar-refractivity contribution >= 4 is 18.0 Å². The van der Waals surface area contributed by atoms with Gasteiger partial charge in [-0.1, -0.05) is 6.07 Å². The first-order chi connectivity index (χ1) is 12.0. The van der Waals surface area contributed by atoms with E-state index in [-0.39, 0.29) is 24.3 Å². The molecule has 1 aliphatic rings. The van der Waals surface area contributed by atoms with E-state index in [9.17, 15) is 19.8 Å². The van der Waals surface area contributed by atoms with Gasteiger partial charge in [0.15, 0.2) is 17.1 Å². The topological polar surface area (TPSA) is 196 Å². The van der Waals surface area contributed by atoms with E-state index in [1.54, 1.807) is 0 Å². The van der Waals surface area contributed by atoms with Crippen molar-refractivity contribution in [2.45, 2.75) is 36.8 Å². The molecule has 4 atom stereocenters. The summed E-state index contributed by atoms with van der Waals surface area (Å²) in [5, 5.41) is 71.6. The standard InChI is InChI=1S/C9H8O4.C7H12O6/c10-7-3-1-6(5-8(7)11)2-4-9(12)13;8-3-1-2-7(13,6(11)12)5(10)4(3)9/h1-5,10-11H,(H,12,13);3-5,8-10,13H,1-2H2,(H,11,12)/b4-2+;. The molecule has 0 saturated heterocycles. The van der Waals surface area contributed by atoms with Gasteiger partial charge in [-0.3, -0.25) is 0 Å². The highest BCUT2D eigenvalue weighted by Gasteiger charge is 2.52. The number of aromatic hydroxyl groups is 2. The number of aliphatic hydroxyl groups is 4. The van der Waals surface area contributed by atoms with E-state index in [1.165, 1.54) is 24.3 Å². The first-order valence-electron chi connectivity index (χ1n) is 7.42. The van der Waals surface area contributed by atoms with E-state index < -0.39 is 35.9 Å². The molecule has 0 spiro atoms. The zero-order valence-corrected chi connectivity index (χ0v) is 13.4. The summed E-state index contributed by atoms with van der Waals surface area (Å²) in [5.74, 6) is -3.15. The monoisotopic (exact) mass is 372 g/mol. The minimum atomic E-state index is -2.35. The summed E-state index contributed by atoms with van der Waals surface area (Å²) in [6, 6.07) is 4.06. The number of rotatable bonds is 3. The maximum absolute atomic E-state index is 10.5. The van der Waals surface area contributed by atoms with Crippen LogP contribution in [0.2, 0.25) is 0 Å². The fraction of sp³-hybridized carbons (Fsp3) is 0.375. The summed E-state index contributed by atoms with van der Waals surface area (Å²) in [4.78, 5) is 20.7. The zero-order chi connectivity index (χ0) is 20.1. The van der Waals surface area contributed by atoms with Crippen LogP contribution in [0.1, 0.15) is 18.4 Å². The number of carbonyl (C=O) groups is 2. The Labute approximate surface area is 147 Å². The number of hydrogen-bond acceptors (Lipinski definition) is 8. The van der Waals surface area contributed by atoms with Gasteiger partial charge in [0.2, 0.25) is 0 Å². The van der Waals surface area contributed by atoms with Gasteiger partial charge in [0, 0.05) is 6.08 Å². The van der Waals surface area contributed by atoms with Gasteiger partial charge in [-0.15, -0.1) is 0 Å². The summed E-state index contributed by atoms with van der Waals surface area (Å²) in [7, 11) is 0. The Hall–Kier alpha value is -2.66. The van der Waals surface area contributed by atoms with Crippen LogP contribution >= 0.6 is 0 Å². The van der Waals surface area contributed by atoms with Gasteiger partial charge >= 0.3 is 11.9 Å². The van der Waals surface area contributed by atoms with Gasteiger partial charge in [-0.05, 0) is 36.6 Å². The molecule has 0 heterocycles. The van der Waals surface area contributed by atoms with Crippen molar-refractivity contribution in [2.75, 3.05) is 0 Å². The van der Waals surface area contributed by atoms with Crippen LogP contribution in [0, 0.1) is 0 Å². The normalized spacial score (nSPS) is 28.2. The van der Waals surface area contributed by atoms with Gasteiger partial charge in [-0.25, -0.2) is 9.59 Å². The summed E-state index contributed by atoms with van der Waals surface area (Å²) in [5.41, 5.74) is -1.84. The van der Waals surface area contributed by atoms with Crippen molar-refractivity contribution in [1.82, 2.24) is 0 Å². The molecule has 1 aliphatic carbocycles. The molecule has 0 radical (unpaired) electrons. The fourth-order valence-corrected chi connectivity index (χ4v) is 2.22. The molecule has 0 aromatic heterocycles. The van der Waals surface area contributed by atoms with Crippen molar-refractivity contribution in [3.63, 3.8) is 0 Å². The summed E-state index contributed by atoms with van der Waals surface area (Å²) < 4.78 is 0. The molecule has 1 fully saturated rings. The number of carboxylic acid groups (broad SMARTS) is 2. The summed E-state index contributed by atoms with van der Waals surface area (Å²) >= 11 is 0. The molecular formula is C16H20O10. The highest BCUT2D eigenvalue weighted by Crippen LogP contribution is 2.29. The number of hydrogen-bond donors (Lipinski definition) is 8. The average Bonchev–Trinajstić information content (AvgIpc) is 2.58. The molecule has 8 N–H and O–H groups in total. The van der Waals surface area contributed by atoms with E-state index in [1.807, 2.05) is 0 Å². The SMILES string of the molecule is O=C(O)/C=C/c1ccc(O)c(O)c1.O=C(O)C1(O)CCC(O)C(O)C1O. The Morgan fingerprint density at radius 3 is 2.19 bits per heavy atom. The minimum Gasteiger partial charge on any atom is -0.504 e. The summed E-state index contributed by atoms with van der Waals surface area (Å²) in [6.07, 6.45) is -2.71. The minimum absolute atomic E-state index is 0.0545. The largest absolute Gasteiger partial charge is 0.504 e. The smallest absolute Gasteiger partial charge is 0.338 e. The van der Waals surface area contributed by atoms with Crippen LogP contribution in [0.3, 0.4) is 0 Å². The predicted octanol–water partition coefficient (Wildman–Crippen LogP) is -1.13. The van der Waals surface area contributed by atoms with Crippen LogP contribution in [0.15, 0.2) is 24.3 Å². The quantitative estimate of drug-likeness (QED) is 0.237. The second-order valence-electron chi connectivity index (χ2n) is 5.69. The third kappa shape index (κ3) is 5.17. The molecule has 1 aromatic carbocycles. The number of aliphatic hydroxyl groups excluding tert-OH is 3. The third-order valence-electron chi connectivity index (χ3n) is 3.82. The second kappa shape index (κ2) is 8.63. The maximum atomic E-state index is 10.5. The Bertz CT molecular complexity index is 686. The molecule has 10 nitrogen and oxygen atoms in total. The van der Waals surface area contributed by atoms with Crippen LogP contribution in [0.5, 0.6) is 11.5 Å². The lowest BCUT2D eigenvalue weighted by atomic mass is 9.79. The molecule has 26 heavy (non-hydrogen) atoms. The van der Waals surface area contributed by atoms with Gasteiger partial charge in [0.1, 0.15) is 12.2 Å². The van der Waals surface area contributed by atoms with Gasteiger partial charge in [0.05, 0.1) is 6.10 Å². The fourth-order valence-electron chi connectivity index (χ4n) is 2.22. The van der Waals surface area contributed by atoms with Crippen molar-refractivity contribution in [1.29, 1.82) is 0 Å². The first-order valence-corrected chi connectivity index (χ1v) is 7.42. The van der Waals surface area contributed by atoms with Gasteiger partial charge < -0.3 is 40.9 Å². The molecule has 2 rings (SSSR count). The van der Waals surface area contributed by atoms with Crippen LogP contribution in [-0.2, 0) is 9.59 Å². The molecule has 144 valence electrons. The van der Waals surface area contributed by atoms with Crippen LogP contribution in [-0.4, -0.2) is 76.7 Å². The Kier molecular flexibility index (Phi) is 7.10. The van der Waals surface area contributed by atoms with Crippen molar-refractivity contribution in [3.8, 4) is 11.5 Å². The lowest BCUT2D eigenvalue weighted by Crippen LogP contribution is -2.61. The number of aliphatic carboxylic acids is 2. The van der Waals surface area contributed by atoms with Gasteiger partial charge in [-0.2, -0.15) is 0 Å². The van der Waals surface area contributed by atoms with Crippen molar-refractivity contribution in [3.05, 3.63) is 29.8 Å². The second-order valence-corrected chi connectivity index (χ2v) is 5.69. The van der Waals surface area contributed by atoms with Crippen molar-refractivity contribution < 1.29 is 50.4 Å². The maximum Gasteiger partial charge on any atom is 0.338 e. The molecule has 1 saturated carbocycles. The Morgan fingerprint density at radius 1 is 1.08 bits per heavy atom. The number of benzene rings is 1. The molecule has 0 aliphatic heterocycles. The number of phenols is 2. The van der Waals surface area contributed by atoms with Gasteiger partial charge in [0.25, 0.3) is 0 Å². The number of carboxylic acids is 2.